The van der Waals surface area contributed by atoms with Gasteiger partial charge in [0.1, 0.15) is 0 Å². The molecule has 0 atom stereocenters. The van der Waals surface area contributed by atoms with Crippen molar-refractivity contribution in [3.05, 3.63) is 60.4 Å². The van der Waals surface area contributed by atoms with Gasteiger partial charge in [0.2, 0.25) is 5.91 Å². The molecule has 35 heavy (non-hydrogen) atoms. The fraction of sp³-hybridized carbons (Fsp3) is 0.500. The standard InChI is InChI=1S/C28H36BN3O3/c1-27(2)28(3,4)35-29(34-27)25-18-23-14-17-32(24(23)19-30-25)20-22-12-15-31(16-13-22)26(33)11-10-21-8-6-5-7-9-21/h5-9,14,17-19,22H,10-13,15-16,20H2,1-4H3. The average molecular weight is 473 g/mol. The van der Waals surface area contributed by atoms with Crippen LogP contribution in [-0.2, 0) is 27.1 Å². The van der Waals surface area contributed by atoms with Crippen molar-refractivity contribution in [1.82, 2.24) is 14.5 Å². The van der Waals surface area contributed by atoms with Gasteiger partial charge in [0.25, 0.3) is 0 Å². The fourth-order valence-corrected chi connectivity index (χ4v) is 5.05. The Morgan fingerprint density at radius 3 is 2.43 bits per heavy atom. The van der Waals surface area contributed by atoms with Gasteiger partial charge in [0, 0.05) is 37.6 Å². The first-order valence-corrected chi connectivity index (χ1v) is 12.8. The van der Waals surface area contributed by atoms with Crippen molar-refractivity contribution in [1.29, 1.82) is 0 Å². The minimum Gasteiger partial charge on any atom is -0.398 e. The van der Waals surface area contributed by atoms with Crippen LogP contribution in [0.1, 0.15) is 52.5 Å². The smallest absolute Gasteiger partial charge is 0.398 e. The summed E-state index contributed by atoms with van der Waals surface area (Å²) in [6, 6.07) is 14.5. The summed E-state index contributed by atoms with van der Waals surface area (Å²) in [5, 5.41) is 1.15. The number of aromatic nitrogens is 2. The minimum absolute atomic E-state index is 0.276. The zero-order valence-electron chi connectivity index (χ0n) is 21.4. The van der Waals surface area contributed by atoms with Crippen molar-refractivity contribution >= 4 is 29.5 Å². The second-order valence-corrected chi connectivity index (χ2v) is 11.0. The van der Waals surface area contributed by atoms with Crippen molar-refractivity contribution in [2.75, 3.05) is 13.1 Å². The molecular weight excluding hydrogens is 437 g/mol. The van der Waals surface area contributed by atoms with Crippen LogP contribution in [0.4, 0.5) is 0 Å². The summed E-state index contributed by atoms with van der Waals surface area (Å²) < 4.78 is 14.7. The number of nitrogens with zero attached hydrogens (tertiary/aromatic N) is 3. The molecule has 2 saturated heterocycles. The van der Waals surface area contributed by atoms with E-state index in [4.69, 9.17) is 14.3 Å². The summed E-state index contributed by atoms with van der Waals surface area (Å²) in [6.07, 6.45) is 7.58. The number of carbonyl (C=O) groups excluding carboxylic acids is 1. The lowest BCUT2D eigenvalue weighted by molar-refractivity contribution is -0.132. The van der Waals surface area contributed by atoms with E-state index in [1.807, 2.05) is 29.3 Å². The molecule has 1 amide bonds. The number of amides is 1. The van der Waals surface area contributed by atoms with Gasteiger partial charge in [-0.3, -0.25) is 9.78 Å². The topological polar surface area (TPSA) is 56.6 Å². The highest BCUT2D eigenvalue weighted by Gasteiger charge is 2.52. The van der Waals surface area contributed by atoms with Crippen molar-refractivity contribution in [3.63, 3.8) is 0 Å². The van der Waals surface area contributed by atoms with Crippen LogP contribution in [-0.4, -0.2) is 51.8 Å². The van der Waals surface area contributed by atoms with Crippen LogP contribution in [0.25, 0.3) is 10.9 Å². The molecule has 0 bridgehead atoms. The van der Waals surface area contributed by atoms with E-state index in [0.29, 0.717) is 12.3 Å². The lowest BCUT2D eigenvalue weighted by Crippen LogP contribution is -2.41. The van der Waals surface area contributed by atoms with Gasteiger partial charge in [0.05, 0.1) is 28.5 Å². The molecule has 0 radical (unpaired) electrons. The van der Waals surface area contributed by atoms with Gasteiger partial charge in [0.15, 0.2) is 0 Å². The maximum Gasteiger partial charge on any atom is 0.514 e. The Hall–Kier alpha value is -2.64. The minimum atomic E-state index is -0.448. The van der Waals surface area contributed by atoms with E-state index in [1.54, 1.807) is 0 Å². The monoisotopic (exact) mass is 473 g/mol. The molecule has 2 aromatic heterocycles. The molecule has 5 rings (SSSR count). The first-order valence-electron chi connectivity index (χ1n) is 12.8. The third-order valence-electron chi connectivity index (χ3n) is 8.07. The van der Waals surface area contributed by atoms with Crippen LogP contribution >= 0.6 is 0 Å². The number of rotatable bonds is 6. The third-order valence-corrected chi connectivity index (χ3v) is 8.07. The van der Waals surface area contributed by atoms with Crippen LogP contribution in [0.2, 0.25) is 0 Å². The highest BCUT2D eigenvalue weighted by Crippen LogP contribution is 2.36. The van der Waals surface area contributed by atoms with Gasteiger partial charge in [-0.15, -0.1) is 0 Å². The number of hydrogen-bond donors (Lipinski definition) is 0. The molecule has 6 nitrogen and oxygen atoms in total. The van der Waals surface area contributed by atoms with Crippen molar-refractivity contribution in [3.8, 4) is 0 Å². The normalized spacial score (nSPS) is 20.0. The number of carbonyl (C=O) groups is 1. The predicted octanol–water partition coefficient (Wildman–Crippen LogP) is 4.21. The Balaban J connectivity index is 1.16. The SMILES string of the molecule is CC1(C)OB(c2cc3ccn(CC4CCN(C(=O)CCc5ccccc5)CC4)c3cn2)OC1(C)C. The summed E-state index contributed by atoms with van der Waals surface area (Å²) in [4.78, 5) is 19.4. The van der Waals surface area contributed by atoms with Gasteiger partial charge in [-0.25, -0.2) is 0 Å². The lowest BCUT2D eigenvalue weighted by Gasteiger charge is -2.32. The van der Waals surface area contributed by atoms with Gasteiger partial charge in [-0.1, -0.05) is 30.3 Å². The van der Waals surface area contributed by atoms with Crippen molar-refractivity contribution in [2.45, 2.75) is 71.1 Å². The maximum absolute atomic E-state index is 12.7. The molecule has 2 aliphatic heterocycles. The van der Waals surface area contributed by atoms with Crippen LogP contribution in [0.15, 0.2) is 54.9 Å². The number of piperidine rings is 1. The molecule has 7 heteroatoms. The molecule has 1 aromatic carbocycles. The largest absolute Gasteiger partial charge is 0.514 e. The highest BCUT2D eigenvalue weighted by molar-refractivity contribution is 6.61. The second kappa shape index (κ2) is 9.43. The van der Waals surface area contributed by atoms with Gasteiger partial charge >= 0.3 is 7.12 Å². The zero-order chi connectivity index (χ0) is 24.6. The van der Waals surface area contributed by atoms with Crippen LogP contribution in [0.5, 0.6) is 0 Å². The summed E-state index contributed by atoms with van der Waals surface area (Å²) >= 11 is 0. The van der Waals surface area contributed by atoms with Crippen molar-refractivity contribution < 1.29 is 14.1 Å². The molecule has 3 aromatic rings. The van der Waals surface area contributed by atoms with E-state index >= 15 is 0 Å². The molecule has 0 aliphatic carbocycles. The Morgan fingerprint density at radius 2 is 1.74 bits per heavy atom. The number of pyridine rings is 1. The lowest BCUT2D eigenvalue weighted by atomic mass is 9.84. The molecule has 0 N–H and O–H groups in total. The summed E-state index contributed by atoms with van der Waals surface area (Å²) in [6.45, 7) is 10.9. The number of fused-ring (bicyclic) bond motifs is 1. The summed E-state index contributed by atoms with van der Waals surface area (Å²) in [5.41, 5.74) is 2.42. The molecule has 2 aliphatic rings. The Morgan fingerprint density at radius 1 is 1.06 bits per heavy atom. The molecular formula is C28H36BN3O3. The average Bonchev–Trinajstić information content (AvgIpc) is 3.34. The van der Waals surface area contributed by atoms with E-state index in [1.165, 1.54) is 5.56 Å². The zero-order valence-corrected chi connectivity index (χ0v) is 21.4. The third kappa shape index (κ3) is 5.02. The second-order valence-electron chi connectivity index (χ2n) is 11.0. The molecule has 0 saturated carbocycles. The van der Waals surface area contributed by atoms with Crippen LogP contribution in [0, 0.1) is 5.92 Å². The first kappa shape index (κ1) is 24.1. The highest BCUT2D eigenvalue weighted by atomic mass is 16.7. The Bertz CT molecular complexity index is 1170. The van der Waals surface area contributed by atoms with Gasteiger partial charge in [-0.2, -0.15) is 0 Å². The van der Waals surface area contributed by atoms with E-state index < -0.39 is 7.12 Å². The van der Waals surface area contributed by atoms with E-state index in [0.717, 1.165) is 55.4 Å². The van der Waals surface area contributed by atoms with Crippen LogP contribution in [0.3, 0.4) is 0 Å². The maximum atomic E-state index is 12.7. The fourth-order valence-electron chi connectivity index (χ4n) is 5.05. The van der Waals surface area contributed by atoms with E-state index in [2.05, 4.69) is 62.7 Å². The van der Waals surface area contributed by atoms with Crippen LogP contribution < -0.4 is 5.59 Å². The first-order chi connectivity index (χ1) is 16.7. The molecule has 184 valence electrons. The number of aryl methyl sites for hydroxylation is 1. The molecule has 0 spiro atoms. The quantitative estimate of drug-likeness (QED) is 0.504. The number of hydrogen-bond acceptors (Lipinski definition) is 4. The van der Waals surface area contributed by atoms with Gasteiger partial charge < -0.3 is 18.8 Å². The number of benzene rings is 1. The Labute approximate surface area is 208 Å². The predicted molar refractivity (Wildman–Crippen MR) is 140 cm³/mol. The van der Waals surface area contributed by atoms with E-state index in [-0.39, 0.29) is 17.1 Å². The molecule has 2 fully saturated rings. The van der Waals surface area contributed by atoms with Gasteiger partial charge in [-0.05, 0) is 70.6 Å². The van der Waals surface area contributed by atoms with E-state index in [9.17, 15) is 4.79 Å². The molecule has 4 heterocycles. The summed E-state index contributed by atoms with van der Waals surface area (Å²) in [5.74, 6) is 0.838. The molecule has 0 unspecified atom stereocenters. The number of likely N-dealkylation sites (tertiary alicyclic amines) is 1. The van der Waals surface area contributed by atoms with Crippen molar-refractivity contribution in [2.24, 2.45) is 5.92 Å². The summed E-state index contributed by atoms with van der Waals surface area (Å²) in [7, 11) is -0.448. The Kier molecular flexibility index (Phi) is 6.49.